The molecule has 1 aromatic rings. The number of carbonyl (C=O) groups excluding carboxylic acids is 4. The number of nitrogens with zero attached hydrogens (tertiary/aromatic N) is 2. The van der Waals surface area contributed by atoms with Crippen LogP contribution in [0.5, 0.6) is 5.75 Å². The van der Waals surface area contributed by atoms with Gasteiger partial charge in [0.05, 0.1) is 35.4 Å². The Balaban J connectivity index is 1.90. The third kappa shape index (κ3) is 4.30. The second-order valence-corrected chi connectivity index (χ2v) is 11.7. The van der Waals surface area contributed by atoms with E-state index >= 15 is 0 Å². The van der Waals surface area contributed by atoms with Gasteiger partial charge in [-0.2, -0.15) is 0 Å². The van der Waals surface area contributed by atoms with Crippen molar-refractivity contribution in [2.75, 3.05) is 33.5 Å². The molecule has 0 heterocycles. The average Bonchev–Trinajstić information content (AvgIpc) is 2.89. The molecule has 6 unspecified atom stereocenters. The molecule has 4 rings (SSSR count). The molecule has 13 heteroatoms. The number of Topliss-reactive ketones (excluding diaryl/α,β-unsaturated/α-hetero) is 2. The lowest BCUT2D eigenvalue weighted by Gasteiger charge is -2.53. The lowest BCUT2D eigenvalue weighted by Crippen LogP contribution is -2.68. The molecule has 0 spiro atoms. The van der Waals surface area contributed by atoms with Crippen molar-refractivity contribution in [1.82, 2.24) is 9.80 Å². The van der Waals surface area contributed by atoms with Gasteiger partial charge in [-0.1, -0.05) is 26.3 Å². The number of carbonyl (C=O) groups is 4. The van der Waals surface area contributed by atoms with Gasteiger partial charge in [0, 0.05) is 11.5 Å². The van der Waals surface area contributed by atoms with Crippen molar-refractivity contribution < 1.29 is 44.7 Å². The van der Waals surface area contributed by atoms with E-state index < -0.39 is 93.3 Å². The Kier molecular flexibility index (Phi) is 8.02. The Labute approximate surface area is 242 Å². The summed E-state index contributed by atoms with van der Waals surface area (Å²) in [4.78, 5) is 55.7. The first-order valence-electron chi connectivity index (χ1n) is 13.7. The number of nitrogens with two attached hydrogens (primary N) is 1. The number of benzene rings is 1. The number of aliphatic hydroxyl groups is 4. The van der Waals surface area contributed by atoms with Crippen LogP contribution in [0.25, 0.3) is 0 Å². The summed E-state index contributed by atoms with van der Waals surface area (Å²) in [5, 5.41) is 59.7. The van der Waals surface area contributed by atoms with Crippen molar-refractivity contribution in [2.45, 2.75) is 56.4 Å². The number of primary amides is 1. The zero-order chi connectivity index (χ0) is 31.6. The third-order valence-corrected chi connectivity index (χ3v) is 8.88. The number of aromatic hydroxyl groups is 1. The van der Waals surface area contributed by atoms with E-state index in [9.17, 15) is 44.7 Å². The molecule has 1 aromatic carbocycles. The smallest absolute Gasteiger partial charge is 0.255 e. The number of anilines is 1. The molecule has 3 aliphatic rings. The molecule has 3 aliphatic carbocycles. The number of likely N-dealkylation sites (N-methyl/N-ethyl adjacent to an activating group) is 2. The molecule has 0 aliphatic heterocycles. The van der Waals surface area contributed by atoms with Gasteiger partial charge in [-0.15, -0.1) is 0 Å². The molecule has 8 N–H and O–H groups in total. The first-order valence-corrected chi connectivity index (χ1v) is 13.7. The van der Waals surface area contributed by atoms with E-state index in [-0.39, 0.29) is 11.3 Å². The third-order valence-electron chi connectivity index (χ3n) is 8.88. The molecule has 228 valence electrons. The van der Waals surface area contributed by atoms with E-state index in [1.54, 1.807) is 25.9 Å². The quantitative estimate of drug-likeness (QED) is 0.171. The van der Waals surface area contributed by atoms with Gasteiger partial charge < -0.3 is 36.6 Å². The molecule has 0 fully saturated rings. The number of nitrogens with one attached hydrogen (secondary N) is 1. The minimum absolute atomic E-state index is 0.0565. The summed E-state index contributed by atoms with van der Waals surface area (Å²) in [6, 6.07) is 1.12. The average molecular weight is 587 g/mol. The maximum Gasteiger partial charge on any atom is 0.255 e. The number of phenolic OH excluding ortho intramolecular Hbond substituents is 1. The van der Waals surface area contributed by atoms with Crippen LogP contribution >= 0.6 is 0 Å². The van der Waals surface area contributed by atoms with E-state index in [0.717, 1.165) is 6.42 Å². The topological polar surface area (TPSA) is 214 Å². The first kappa shape index (κ1) is 31.2. The maximum absolute atomic E-state index is 14.0. The molecule has 7 atom stereocenters. The minimum atomic E-state index is -3.00. The number of rotatable bonds is 7. The predicted molar refractivity (Wildman–Crippen MR) is 151 cm³/mol. The van der Waals surface area contributed by atoms with Crippen LogP contribution in [0.1, 0.15) is 48.5 Å². The second-order valence-electron chi connectivity index (χ2n) is 11.7. The highest BCUT2D eigenvalue weighted by Crippen LogP contribution is 2.56. The predicted octanol–water partition coefficient (Wildman–Crippen LogP) is 0.321. The molecule has 2 amide bonds. The van der Waals surface area contributed by atoms with Crippen molar-refractivity contribution in [1.29, 1.82) is 0 Å². The van der Waals surface area contributed by atoms with Crippen LogP contribution in [0, 0.1) is 11.8 Å². The summed E-state index contributed by atoms with van der Waals surface area (Å²) in [5.41, 5.74) is 0.845. The number of hydrogen-bond donors (Lipinski definition) is 7. The zero-order valence-electron chi connectivity index (χ0n) is 24.4. The normalized spacial score (nSPS) is 29.8. The highest BCUT2D eigenvalue weighted by molar-refractivity contribution is 6.25. The Morgan fingerprint density at radius 1 is 1.12 bits per heavy atom. The van der Waals surface area contributed by atoms with Gasteiger partial charge in [0.15, 0.2) is 17.1 Å². The second kappa shape index (κ2) is 10.8. The summed E-state index contributed by atoms with van der Waals surface area (Å²) >= 11 is 0. The van der Waals surface area contributed by atoms with Gasteiger partial charge in [0.1, 0.15) is 17.1 Å². The molecule has 0 saturated carbocycles. The lowest BCUT2D eigenvalue weighted by molar-refractivity contribution is -0.162. The minimum Gasteiger partial charge on any atom is -0.510 e. The van der Waals surface area contributed by atoms with Crippen LogP contribution in [0.2, 0.25) is 0 Å². The van der Waals surface area contributed by atoms with Crippen molar-refractivity contribution in [3.8, 4) is 5.75 Å². The van der Waals surface area contributed by atoms with Gasteiger partial charge in [0.25, 0.3) is 5.91 Å². The van der Waals surface area contributed by atoms with Gasteiger partial charge >= 0.3 is 0 Å². The van der Waals surface area contributed by atoms with Gasteiger partial charge in [-0.25, -0.2) is 0 Å². The first-order chi connectivity index (χ1) is 19.5. The van der Waals surface area contributed by atoms with Crippen molar-refractivity contribution in [3.05, 3.63) is 45.9 Å². The summed E-state index contributed by atoms with van der Waals surface area (Å²) < 4.78 is 0. The Bertz CT molecular complexity index is 1430. The highest BCUT2D eigenvalue weighted by atomic mass is 16.4. The Morgan fingerprint density at radius 3 is 2.26 bits per heavy atom. The van der Waals surface area contributed by atoms with E-state index in [4.69, 9.17) is 5.73 Å². The molecule has 0 aromatic heterocycles. The summed E-state index contributed by atoms with van der Waals surface area (Å²) in [7, 11) is 6.43. The fourth-order valence-electron chi connectivity index (χ4n) is 6.84. The van der Waals surface area contributed by atoms with E-state index in [1.165, 1.54) is 31.1 Å². The number of amides is 2. The van der Waals surface area contributed by atoms with Crippen LogP contribution in [0.15, 0.2) is 34.8 Å². The fourth-order valence-corrected chi connectivity index (χ4v) is 6.84. The van der Waals surface area contributed by atoms with Gasteiger partial charge in [-0.05, 0) is 52.2 Å². The Hall–Kier alpha value is -3.78. The SMILES string of the molecule is CCCC(C(=O)Nc1ccc2c(c1O)C(=O)C1=C(O)C3(O)C(=O)C(C(N)=O)=C(O)[C@@H](N(C)C)C3C(O)C1C2C)N(C)C. The van der Waals surface area contributed by atoms with E-state index in [0.29, 0.717) is 12.0 Å². The number of aliphatic hydroxyl groups excluding tert-OH is 3. The molecule has 42 heavy (non-hydrogen) atoms. The summed E-state index contributed by atoms with van der Waals surface area (Å²) in [5.74, 6) is -10.2. The molecule has 0 bridgehead atoms. The van der Waals surface area contributed by atoms with Crippen LogP contribution in [0.4, 0.5) is 5.69 Å². The van der Waals surface area contributed by atoms with Crippen LogP contribution in [-0.2, 0) is 14.4 Å². The van der Waals surface area contributed by atoms with Gasteiger partial charge in [-0.3, -0.25) is 29.0 Å². The maximum atomic E-state index is 14.0. The summed E-state index contributed by atoms with van der Waals surface area (Å²) in [6.45, 7) is 3.56. The van der Waals surface area contributed by atoms with Crippen LogP contribution < -0.4 is 11.1 Å². The Morgan fingerprint density at radius 2 is 1.74 bits per heavy atom. The van der Waals surface area contributed by atoms with Crippen LogP contribution in [-0.4, -0.2) is 111 Å². The highest BCUT2D eigenvalue weighted by Gasteiger charge is 2.67. The summed E-state index contributed by atoms with van der Waals surface area (Å²) in [6.07, 6.45) is -0.418. The number of hydrogen-bond acceptors (Lipinski definition) is 11. The largest absolute Gasteiger partial charge is 0.510 e. The molecular weight excluding hydrogens is 548 g/mol. The van der Waals surface area contributed by atoms with Gasteiger partial charge in [0.2, 0.25) is 11.7 Å². The van der Waals surface area contributed by atoms with Crippen molar-refractivity contribution >= 4 is 29.1 Å². The zero-order valence-corrected chi connectivity index (χ0v) is 24.4. The number of fused-ring (bicyclic) bond motifs is 3. The molecule has 13 nitrogen and oxygen atoms in total. The monoisotopic (exact) mass is 586 g/mol. The van der Waals surface area contributed by atoms with E-state index in [2.05, 4.69) is 5.32 Å². The molecular formula is C29H38N4O9. The molecule has 0 saturated heterocycles. The fraction of sp³-hybridized carbons (Fsp3) is 0.517. The molecule has 0 radical (unpaired) electrons. The van der Waals surface area contributed by atoms with Crippen molar-refractivity contribution in [2.24, 2.45) is 17.6 Å². The van der Waals surface area contributed by atoms with Crippen molar-refractivity contribution in [3.63, 3.8) is 0 Å². The number of ketones is 2. The standard InChI is InChI=1S/C29H38N4O9/c1-7-8-14(32(3)4)28(41)31-13-10-9-12-11(2)15-17(22(35)16(12)21(13)34)25(38)29(42)19(23(15)36)20(33(5)6)24(37)18(26(29)39)27(30)40/h9-11,14-15,19-20,23,34,36-38,42H,7-8H2,1-6H3,(H2,30,40)(H,31,41)/t11?,14?,15?,19?,20-,23?,29?/m0/s1. The number of phenols is 1. The van der Waals surface area contributed by atoms with E-state index in [1.807, 2.05) is 6.92 Å². The van der Waals surface area contributed by atoms with Crippen LogP contribution in [0.3, 0.4) is 0 Å². The lowest BCUT2D eigenvalue weighted by atomic mass is 9.55.